The van der Waals surface area contributed by atoms with E-state index in [4.69, 9.17) is 16.3 Å². The van der Waals surface area contributed by atoms with Crippen LogP contribution in [0.5, 0.6) is 5.75 Å². The van der Waals surface area contributed by atoms with Gasteiger partial charge in [0.1, 0.15) is 11.3 Å². The molecule has 0 unspecified atom stereocenters. The molecular weight excluding hydrogens is 348 g/mol. The minimum atomic E-state index is 0.435. The Morgan fingerprint density at radius 2 is 1.65 bits per heavy atom. The van der Waals surface area contributed by atoms with Crippen molar-refractivity contribution in [1.29, 1.82) is 0 Å². The van der Waals surface area contributed by atoms with E-state index in [2.05, 4.69) is 4.98 Å². The number of methoxy groups -OCH3 is 1. The number of nitrogens with zero attached hydrogens (tertiary/aromatic N) is 2. The van der Waals surface area contributed by atoms with E-state index in [0.717, 1.165) is 27.0 Å². The molecule has 0 spiro atoms. The Hall–Kier alpha value is -3.11. The Balaban J connectivity index is 2.06. The summed E-state index contributed by atoms with van der Waals surface area (Å²) in [6, 6.07) is 18.7. The SMILES string of the molecule is COc1ccccc1-c1ccnc2c(-c3ccccc3Cl)[n+]([O-])ccc12. The summed E-state index contributed by atoms with van der Waals surface area (Å²) in [7, 11) is 1.64. The molecule has 0 saturated carbocycles. The summed E-state index contributed by atoms with van der Waals surface area (Å²) < 4.78 is 6.31. The van der Waals surface area contributed by atoms with Crippen molar-refractivity contribution < 1.29 is 9.47 Å². The number of benzene rings is 2. The second kappa shape index (κ2) is 6.65. The average Bonchev–Trinajstić information content (AvgIpc) is 2.68. The second-order valence-corrected chi connectivity index (χ2v) is 6.20. The van der Waals surface area contributed by atoms with E-state index in [1.165, 1.54) is 6.20 Å². The molecule has 0 saturated heterocycles. The number of aromatic nitrogens is 2. The fourth-order valence-electron chi connectivity index (χ4n) is 3.15. The molecule has 2 aromatic heterocycles. The van der Waals surface area contributed by atoms with Gasteiger partial charge >= 0.3 is 0 Å². The van der Waals surface area contributed by atoms with E-state index >= 15 is 0 Å². The van der Waals surface area contributed by atoms with Gasteiger partial charge in [-0.1, -0.05) is 41.9 Å². The van der Waals surface area contributed by atoms with Crippen LogP contribution in [0.4, 0.5) is 0 Å². The van der Waals surface area contributed by atoms with Crippen molar-refractivity contribution in [1.82, 2.24) is 4.98 Å². The maximum atomic E-state index is 12.6. The van der Waals surface area contributed by atoms with E-state index in [1.807, 2.05) is 48.5 Å². The first-order valence-electron chi connectivity index (χ1n) is 8.10. The first-order valence-corrected chi connectivity index (χ1v) is 8.47. The summed E-state index contributed by atoms with van der Waals surface area (Å²) in [6.45, 7) is 0. The van der Waals surface area contributed by atoms with Gasteiger partial charge in [0, 0.05) is 23.2 Å². The molecule has 4 rings (SSSR count). The normalized spacial score (nSPS) is 10.8. The number of fused-ring (bicyclic) bond motifs is 1. The van der Waals surface area contributed by atoms with Crippen LogP contribution in [-0.2, 0) is 0 Å². The minimum absolute atomic E-state index is 0.435. The molecule has 2 aromatic carbocycles. The zero-order valence-corrected chi connectivity index (χ0v) is 14.8. The highest BCUT2D eigenvalue weighted by atomic mass is 35.5. The minimum Gasteiger partial charge on any atom is -0.618 e. The van der Waals surface area contributed by atoms with Gasteiger partial charge in [-0.3, -0.25) is 0 Å². The van der Waals surface area contributed by atoms with Crippen LogP contribution >= 0.6 is 11.6 Å². The molecule has 128 valence electrons. The van der Waals surface area contributed by atoms with Crippen molar-refractivity contribution in [2.45, 2.75) is 0 Å². The Bertz CT molecular complexity index is 1110. The zero-order valence-electron chi connectivity index (χ0n) is 14.0. The third kappa shape index (κ3) is 2.65. The second-order valence-electron chi connectivity index (χ2n) is 5.79. The van der Waals surface area contributed by atoms with Gasteiger partial charge < -0.3 is 9.94 Å². The van der Waals surface area contributed by atoms with Crippen molar-refractivity contribution in [2.75, 3.05) is 7.11 Å². The summed E-state index contributed by atoms with van der Waals surface area (Å²) >= 11 is 6.34. The van der Waals surface area contributed by atoms with Crippen molar-refractivity contribution in [2.24, 2.45) is 0 Å². The van der Waals surface area contributed by atoms with Gasteiger partial charge in [0.05, 0.1) is 17.7 Å². The largest absolute Gasteiger partial charge is 0.618 e. The Labute approximate surface area is 155 Å². The topological polar surface area (TPSA) is 49.1 Å². The van der Waals surface area contributed by atoms with Crippen LogP contribution in [0.3, 0.4) is 0 Å². The van der Waals surface area contributed by atoms with Crippen molar-refractivity contribution in [3.8, 4) is 28.1 Å². The van der Waals surface area contributed by atoms with Gasteiger partial charge in [0.2, 0.25) is 0 Å². The first kappa shape index (κ1) is 16.4. The fourth-order valence-corrected chi connectivity index (χ4v) is 3.38. The summed E-state index contributed by atoms with van der Waals surface area (Å²) in [6.07, 6.45) is 3.19. The summed E-state index contributed by atoms with van der Waals surface area (Å²) in [5, 5.41) is 13.9. The van der Waals surface area contributed by atoms with Gasteiger partial charge in [-0.05, 0) is 29.8 Å². The lowest BCUT2D eigenvalue weighted by Crippen LogP contribution is -2.29. The van der Waals surface area contributed by atoms with Gasteiger partial charge in [-0.2, -0.15) is 4.73 Å². The molecule has 2 heterocycles. The lowest BCUT2D eigenvalue weighted by atomic mass is 9.99. The lowest BCUT2D eigenvalue weighted by molar-refractivity contribution is -0.592. The standard InChI is InChI=1S/C21H15ClN2O2/c1-26-19-9-5-3-6-15(19)14-10-12-23-20-16(14)11-13-24(25)21(20)17-7-2-4-8-18(17)22/h2-13H,1H3. The van der Waals surface area contributed by atoms with Crippen LogP contribution in [0.15, 0.2) is 73.1 Å². The Morgan fingerprint density at radius 1 is 0.923 bits per heavy atom. The van der Waals surface area contributed by atoms with E-state index < -0.39 is 0 Å². The lowest BCUT2D eigenvalue weighted by Gasteiger charge is -2.13. The van der Waals surface area contributed by atoms with Crippen molar-refractivity contribution >= 4 is 22.5 Å². The Morgan fingerprint density at radius 3 is 2.42 bits per heavy atom. The van der Waals surface area contributed by atoms with E-state index in [-0.39, 0.29) is 0 Å². The highest BCUT2D eigenvalue weighted by Crippen LogP contribution is 2.37. The molecule has 0 aliphatic carbocycles. The Kier molecular flexibility index (Phi) is 4.19. The summed E-state index contributed by atoms with van der Waals surface area (Å²) in [5.41, 5.74) is 3.57. The molecule has 0 atom stereocenters. The molecule has 0 N–H and O–H groups in total. The molecule has 4 aromatic rings. The number of ether oxygens (including phenoxy) is 1. The maximum absolute atomic E-state index is 12.6. The van der Waals surface area contributed by atoms with E-state index in [1.54, 1.807) is 25.4 Å². The van der Waals surface area contributed by atoms with Crippen LogP contribution in [-0.4, -0.2) is 12.1 Å². The number of para-hydroxylation sites is 1. The van der Waals surface area contributed by atoms with E-state index in [0.29, 0.717) is 21.8 Å². The molecule has 0 radical (unpaired) electrons. The van der Waals surface area contributed by atoms with Gasteiger partial charge in [0.15, 0.2) is 6.20 Å². The molecular formula is C21H15ClN2O2. The zero-order chi connectivity index (χ0) is 18.1. The molecule has 5 heteroatoms. The van der Waals surface area contributed by atoms with Crippen LogP contribution in [0, 0.1) is 5.21 Å². The highest BCUT2D eigenvalue weighted by molar-refractivity contribution is 6.33. The first-order chi connectivity index (χ1) is 12.7. The maximum Gasteiger partial charge on any atom is 0.251 e. The molecule has 4 nitrogen and oxygen atoms in total. The smallest absolute Gasteiger partial charge is 0.251 e. The molecule has 26 heavy (non-hydrogen) atoms. The van der Waals surface area contributed by atoms with Crippen LogP contribution in [0.2, 0.25) is 5.02 Å². The number of hydrogen-bond acceptors (Lipinski definition) is 3. The monoisotopic (exact) mass is 362 g/mol. The quantitative estimate of drug-likeness (QED) is 0.386. The fraction of sp³-hybridized carbons (Fsp3) is 0.0476. The van der Waals surface area contributed by atoms with Gasteiger partial charge in [-0.15, -0.1) is 0 Å². The molecule has 0 amide bonds. The third-order valence-corrected chi connectivity index (χ3v) is 4.67. The summed E-state index contributed by atoms with van der Waals surface area (Å²) in [5.74, 6) is 0.762. The third-order valence-electron chi connectivity index (χ3n) is 4.34. The predicted molar refractivity (Wildman–Crippen MR) is 103 cm³/mol. The number of hydrogen-bond donors (Lipinski definition) is 0. The van der Waals surface area contributed by atoms with Crippen molar-refractivity contribution in [3.05, 3.63) is 83.3 Å². The van der Waals surface area contributed by atoms with Crippen molar-refractivity contribution in [3.63, 3.8) is 0 Å². The molecule has 0 fully saturated rings. The number of halogens is 1. The van der Waals surface area contributed by atoms with Crippen LogP contribution < -0.4 is 9.47 Å². The molecule has 0 aliphatic heterocycles. The van der Waals surface area contributed by atoms with Crippen LogP contribution in [0.1, 0.15) is 0 Å². The number of pyridine rings is 2. The van der Waals surface area contributed by atoms with Crippen LogP contribution in [0.25, 0.3) is 33.3 Å². The van der Waals surface area contributed by atoms with Gasteiger partial charge in [0.25, 0.3) is 5.69 Å². The average molecular weight is 363 g/mol. The molecule has 0 bridgehead atoms. The summed E-state index contributed by atoms with van der Waals surface area (Å²) in [4.78, 5) is 4.48. The molecule has 0 aliphatic rings. The highest BCUT2D eigenvalue weighted by Gasteiger charge is 2.20. The predicted octanol–water partition coefficient (Wildman–Crippen LogP) is 4.86. The van der Waals surface area contributed by atoms with Gasteiger partial charge in [-0.25, -0.2) is 4.98 Å². The van der Waals surface area contributed by atoms with E-state index in [9.17, 15) is 5.21 Å². The number of rotatable bonds is 3.